The van der Waals surface area contributed by atoms with E-state index in [-0.39, 0.29) is 11.1 Å². The molecule has 0 aromatic carbocycles. The van der Waals surface area contributed by atoms with Gasteiger partial charge in [0.25, 0.3) is 5.56 Å². The number of methoxy groups -OCH3 is 1. The SMILES string of the molecule is COCCn1c(C)nc2sc(S(C)=O)nc2c1=O. The van der Waals surface area contributed by atoms with Crippen molar-refractivity contribution in [2.75, 3.05) is 20.0 Å². The van der Waals surface area contributed by atoms with Crippen LogP contribution in [0.1, 0.15) is 5.82 Å². The van der Waals surface area contributed by atoms with Crippen LogP contribution in [-0.4, -0.2) is 38.7 Å². The Hall–Kier alpha value is -1.12. The summed E-state index contributed by atoms with van der Waals surface area (Å²) in [7, 11) is 0.383. The zero-order valence-corrected chi connectivity index (χ0v) is 11.9. The first-order valence-electron chi connectivity index (χ1n) is 5.25. The van der Waals surface area contributed by atoms with E-state index in [4.69, 9.17) is 4.74 Å². The molecule has 0 radical (unpaired) electrons. The first-order valence-corrected chi connectivity index (χ1v) is 7.62. The summed E-state index contributed by atoms with van der Waals surface area (Å²) in [4.78, 5) is 21.2. The molecule has 8 heteroatoms. The predicted octanol–water partition coefficient (Wildman–Crippen LogP) is 0.545. The summed E-state index contributed by atoms with van der Waals surface area (Å²) in [5.41, 5.74) is 0.0782. The highest BCUT2D eigenvalue weighted by Gasteiger charge is 2.14. The van der Waals surface area contributed by atoms with Crippen molar-refractivity contribution in [3.63, 3.8) is 0 Å². The van der Waals surface area contributed by atoms with Gasteiger partial charge in [0.05, 0.1) is 24.0 Å². The van der Waals surface area contributed by atoms with Crippen LogP contribution in [0.4, 0.5) is 0 Å². The maximum Gasteiger partial charge on any atom is 0.281 e. The van der Waals surface area contributed by atoms with E-state index in [9.17, 15) is 9.00 Å². The molecule has 1 atom stereocenters. The number of fused-ring (bicyclic) bond motifs is 1. The highest BCUT2D eigenvalue weighted by atomic mass is 32.2. The maximum atomic E-state index is 12.2. The molecule has 2 heterocycles. The van der Waals surface area contributed by atoms with Crippen molar-refractivity contribution in [1.29, 1.82) is 0 Å². The van der Waals surface area contributed by atoms with E-state index in [1.54, 1.807) is 14.0 Å². The van der Waals surface area contributed by atoms with Crippen molar-refractivity contribution >= 4 is 32.5 Å². The van der Waals surface area contributed by atoms with Crippen molar-refractivity contribution in [3.8, 4) is 0 Å². The average molecular weight is 287 g/mol. The molecule has 0 saturated heterocycles. The summed E-state index contributed by atoms with van der Waals surface area (Å²) < 4.78 is 18.3. The summed E-state index contributed by atoms with van der Waals surface area (Å²) in [6.07, 6.45) is 1.54. The lowest BCUT2D eigenvalue weighted by Gasteiger charge is -2.07. The number of nitrogens with zero attached hydrogens (tertiary/aromatic N) is 3. The van der Waals surface area contributed by atoms with Gasteiger partial charge in [-0.1, -0.05) is 11.3 Å². The van der Waals surface area contributed by atoms with E-state index in [0.717, 1.165) is 0 Å². The molecule has 6 nitrogen and oxygen atoms in total. The van der Waals surface area contributed by atoms with Crippen LogP contribution in [0.3, 0.4) is 0 Å². The van der Waals surface area contributed by atoms with E-state index < -0.39 is 10.8 Å². The lowest BCUT2D eigenvalue weighted by Crippen LogP contribution is -2.25. The smallest absolute Gasteiger partial charge is 0.281 e. The fourth-order valence-electron chi connectivity index (χ4n) is 1.56. The Bertz CT molecular complexity index is 662. The molecular weight excluding hydrogens is 274 g/mol. The molecule has 0 aliphatic carbocycles. The van der Waals surface area contributed by atoms with Crippen LogP contribution in [0.5, 0.6) is 0 Å². The van der Waals surface area contributed by atoms with Crippen LogP contribution >= 0.6 is 11.3 Å². The van der Waals surface area contributed by atoms with Crippen molar-refractivity contribution in [2.45, 2.75) is 17.8 Å². The molecule has 98 valence electrons. The second-order valence-corrected chi connectivity index (χ2v) is 6.23. The molecule has 2 rings (SSSR count). The van der Waals surface area contributed by atoms with Crippen LogP contribution in [-0.2, 0) is 22.1 Å². The van der Waals surface area contributed by atoms with Crippen molar-refractivity contribution in [2.24, 2.45) is 0 Å². The van der Waals surface area contributed by atoms with Gasteiger partial charge in [-0.25, -0.2) is 9.97 Å². The quantitative estimate of drug-likeness (QED) is 0.821. The van der Waals surface area contributed by atoms with E-state index in [1.165, 1.54) is 22.2 Å². The summed E-state index contributed by atoms with van der Waals surface area (Å²) in [6.45, 7) is 2.63. The molecule has 0 bridgehead atoms. The van der Waals surface area contributed by atoms with E-state index in [1.807, 2.05) is 0 Å². The Labute approximate surface area is 110 Å². The third kappa shape index (κ3) is 2.36. The Balaban J connectivity index is 2.61. The molecule has 0 aliphatic heterocycles. The molecular formula is C10H13N3O3S2. The van der Waals surface area contributed by atoms with Gasteiger partial charge in [-0.05, 0) is 6.92 Å². The zero-order valence-electron chi connectivity index (χ0n) is 10.3. The van der Waals surface area contributed by atoms with Gasteiger partial charge in [-0.3, -0.25) is 13.6 Å². The predicted molar refractivity (Wildman–Crippen MR) is 70.6 cm³/mol. The van der Waals surface area contributed by atoms with Gasteiger partial charge in [0.15, 0.2) is 14.7 Å². The van der Waals surface area contributed by atoms with E-state index in [0.29, 0.717) is 28.1 Å². The van der Waals surface area contributed by atoms with E-state index in [2.05, 4.69) is 9.97 Å². The number of aryl methyl sites for hydroxylation is 1. The molecule has 1 unspecified atom stereocenters. The van der Waals surface area contributed by atoms with Crippen LogP contribution in [0, 0.1) is 6.92 Å². The van der Waals surface area contributed by atoms with Gasteiger partial charge in [0.2, 0.25) is 0 Å². The summed E-state index contributed by atoms with van der Waals surface area (Å²) >= 11 is 1.20. The minimum atomic E-state index is -1.19. The van der Waals surface area contributed by atoms with Crippen LogP contribution in [0.25, 0.3) is 10.3 Å². The normalized spacial score (nSPS) is 13.1. The number of thiazole rings is 1. The molecule has 0 amide bonds. The number of ether oxygens (including phenoxy) is 1. The van der Waals surface area contributed by atoms with Crippen LogP contribution < -0.4 is 5.56 Å². The zero-order chi connectivity index (χ0) is 13.3. The lowest BCUT2D eigenvalue weighted by molar-refractivity contribution is 0.185. The first kappa shape index (κ1) is 13.3. The van der Waals surface area contributed by atoms with Crippen LogP contribution in [0.2, 0.25) is 0 Å². The fraction of sp³-hybridized carbons (Fsp3) is 0.500. The van der Waals surface area contributed by atoms with Gasteiger partial charge < -0.3 is 4.74 Å². The standard InChI is InChI=1S/C10H13N3O3S2/c1-6-11-8-7(12-10(17-8)18(3)15)9(14)13(6)4-5-16-2/h4-5H2,1-3H3. The number of hydrogen-bond acceptors (Lipinski definition) is 6. The molecule has 0 spiro atoms. The molecule has 0 aliphatic rings. The van der Waals surface area contributed by atoms with Crippen molar-refractivity contribution in [1.82, 2.24) is 14.5 Å². The topological polar surface area (TPSA) is 74.1 Å². The largest absolute Gasteiger partial charge is 0.383 e. The van der Waals surface area contributed by atoms with Gasteiger partial charge in [0, 0.05) is 13.4 Å². The van der Waals surface area contributed by atoms with Crippen LogP contribution in [0.15, 0.2) is 9.13 Å². The second-order valence-electron chi connectivity index (χ2n) is 3.70. The highest BCUT2D eigenvalue weighted by Crippen LogP contribution is 2.19. The highest BCUT2D eigenvalue weighted by molar-refractivity contribution is 7.86. The Morgan fingerprint density at radius 1 is 1.44 bits per heavy atom. The molecule has 2 aromatic heterocycles. The molecule has 18 heavy (non-hydrogen) atoms. The number of aromatic nitrogens is 3. The third-order valence-electron chi connectivity index (χ3n) is 2.46. The molecule has 0 saturated carbocycles. The molecule has 0 fully saturated rings. The fourth-order valence-corrected chi connectivity index (χ4v) is 3.19. The Morgan fingerprint density at radius 2 is 2.17 bits per heavy atom. The van der Waals surface area contributed by atoms with Crippen molar-refractivity contribution < 1.29 is 8.95 Å². The summed E-state index contributed by atoms with van der Waals surface area (Å²) in [5, 5.41) is 0. The lowest BCUT2D eigenvalue weighted by atomic mass is 10.5. The summed E-state index contributed by atoms with van der Waals surface area (Å²) in [6, 6.07) is 0. The molecule has 2 aromatic rings. The van der Waals surface area contributed by atoms with Crippen molar-refractivity contribution in [3.05, 3.63) is 16.2 Å². The average Bonchev–Trinajstić information content (AvgIpc) is 2.73. The number of hydrogen-bond donors (Lipinski definition) is 0. The van der Waals surface area contributed by atoms with Gasteiger partial charge in [0.1, 0.15) is 5.82 Å². The Morgan fingerprint density at radius 3 is 2.78 bits per heavy atom. The minimum absolute atomic E-state index is 0.206. The van der Waals surface area contributed by atoms with Gasteiger partial charge in [-0.15, -0.1) is 0 Å². The molecule has 0 N–H and O–H groups in total. The monoisotopic (exact) mass is 287 g/mol. The number of rotatable bonds is 4. The summed E-state index contributed by atoms with van der Waals surface area (Å²) in [5.74, 6) is 0.613. The van der Waals surface area contributed by atoms with E-state index >= 15 is 0 Å². The Kier molecular flexibility index (Phi) is 3.88. The maximum absolute atomic E-state index is 12.2. The minimum Gasteiger partial charge on any atom is -0.383 e. The third-order valence-corrected chi connectivity index (χ3v) is 4.74. The van der Waals surface area contributed by atoms with Gasteiger partial charge >= 0.3 is 0 Å². The van der Waals surface area contributed by atoms with Gasteiger partial charge in [-0.2, -0.15) is 0 Å². The first-order chi connectivity index (χ1) is 8.54. The second kappa shape index (κ2) is 5.25.